The number of nitrogens with zero attached hydrogens (tertiary/aromatic N) is 1. The fourth-order valence-electron chi connectivity index (χ4n) is 1.63. The molecule has 21 heavy (non-hydrogen) atoms. The minimum Gasteiger partial charge on any atom is -0.355 e. The molecule has 0 fully saturated rings. The highest BCUT2D eigenvalue weighted by atomic mass is 127. The second kappa shape index (κ2) is 11.1. The maximum Gasteiger partial charge on any atom is 0.251 e. The second-order valence-corrected chi connectivity index (χ2v) is 4.29. The van der Waals surface area contributed by atoms with Crippen molar-refractivity contribution in [3.05, 3.63) is 48.0 Å². The van der Waals surface area contributed by atoms with Crippen molar-refractivity contribution in [2.24, 2.45) is 4.99 Å². The number of hydrogen-bond donors (Lipinski definition) is 3. The fourth-order valence-corrected chi connectivity index (χ4v) is 1.63. The van der Waals surface area contributed by atoms with E-state index in [1.807, 2.05) is 25.1 Å². The van der Waals surface area contributed by atoms with E-state index in [0.717, 1.165) is 5.56 Å². The van der Waals surface area contributed by atoms with Gasteiger partial charge >= 0.3 is 0 Å². The third kappa shape index (κ3) is 7.69. The molecule has 0 aliphatic heterocycles. The van der Waals surface area contributed by atoms with Gasteiger partial charge in [0.1, 0.15) is 0 Å². The van der Waals surface area contributed by atoms with Gasteiger partial charge in [0.25, 0.3) is 5.91 Å². The van der Waals surface area contributed by atoms with Crippen LogP contribution in [0.5, 0.6) is 0 Å². The van der Waals surface area contributed by atoms with Crippen molar-refractivity contribution in [1.82, 2.24) is 16.0 Å². The summed E-state index contributed by atoms with van der Waals surface area (Å²) in [6, 6.07) is 7.52. The lowest BCUT2D eigenvalue weighted by atomic mass is 10.1. The average Bonchev–Trinajstić information content (AvgIpc) is 2.46. The van der Waals surface area contributed by atoms with Crippen LogP contribution in [0.15, 0.2) is 41.9 Å². The maximum atomic E-state index is 11.9. The molecule has 116 valence electrons. The van der Waals surface area contributed by atoms with Crippen LogP contribution < -0.4 is 16.0 Å². The van der Waals surface area contributed by atoms with Crippen LogP contribution in [0.2, 0.25) is 0 Å². The zero-order chi connectivity index (χ0) is 14.8. The zero-order valence-corrected chi connectivity index (χ0v) is 14.8. The van der Waals surface area contributed by atoms with E-state index < -0.39 is 0 Å². The number of carbonyl (C=O) groups is 1. The first kappa shape index (κ1) is 19.4. The Balaban J connectivity index is 0.00000400. The Kier molecular flexibility index (Phi) is 10.3. The van der Waals surface area contributed by atoms with Gasteiger partial charge in [0.2, 0.25) is 0 Å². The molecule has 0 unspecified atom stereocenters. The normalized spacial score (nSPS) is 10.3. The molecule has 1 aromatic rings. The fraction of sp³-hybridized carbons (Fsp3) is 0.333. The molecular weight excluding hydrogens is 379 g/mol. The number of guanidine groups is 1. The lowest BCUT2D eigenvalue weighted by molar-refractivity contribution is 0.0954. The molecule has 0 saturated heterocycles. The van der Waals surface area contributed by atoms with E-state index in [4.69, 9.17) is 0 Å². The SMILES string of the molecule is C=CCNC(=NC)NCCNC(=O)c1cccc(C)c1.I. The van der Waals surface area contributed by atoms with Crippen molar-refractivity contribution in [2.75, 3.05) is 26.7 Å². The van der Waals surface area contributed by atoms with Crippen molar-refractivity contribution in [2.45, 2.75) is 6.92 Å². The highest BCUT2D eigenvalue weighted by molar-refractivity contribution is 14.0. The zero-order valence-electron chi connectivity index (χ0n) is 12.5. The molecule has 0 atom stereocenters. The monoisotopic (exact) mass is 402 g/mol. The summed E-state index contributed by atoms with van der Waals surface area (Å²) in [5, 5.41) is 9.01. The molecule has 0 aromatic heterocycles. The summed E-state index contributed by atoms with van der Waals surface area (Å²) in [7, 11) is 1.70. The summed E-state index contributed by atoms with van der Waals surface area (Å²) in [5.74, 6) is 0.624. The Bertz CT molecular complexity index is 488. The van der Waals surface area contributed by atoms with Gasteiger partial charge in [-0.2, -0.15) is 0 Å². The molecule has 1 aromatic carbocycles. The number of aliphatic imine (C=N–C) groups is 1. The van der Waals surface area contributed by atoms with E-state index in [-0.39, 0.29) is 29.9 Å². The number of carbonyl (C=O) groups excluding carboxylic acids is 1. The Labute approximate surface area is 143 Å². The molecule has 0 saturated carbocycles. The molecule has 0 radical (unpaired) electrons. The second-order valence-electron chi connectivity index (χ2n) is 4.29. The summed E-state index contributed by atoms with van der Waals surface area (Å²) in [4.78, 5) is 15.9. The van der Waals surface area contributed by atoms with E-state index in [2.05, 4.69) is 27.5 Å². The van der Waals surface area contributed by atoms with Crippen LogP contribution in [0, 0.1) is 6.92 Å². The van der Waals surface area contributed by atoms with Crippen LogP contribution in [-0.2, 0) is 0 Å². The van der Waals surface area contributed by atoms with Crippen molar-refractivity contribution in [3.8, 4) is 0 Å². The number of benzene rings is 1. The lowest BCUT2D eigenvalue weighted by Crippen LogP contribution is -2.41. The van der Waals surface area contributed by atoms with Crippen LogP contribution in [-0.4, -0.2) is 38.5 Å². The van der Waals surface area contributed by atoms with Gasteiger partial charge in [-0.15, -0.1) is 30.6 Å². The van der Waals surface area contributed by atoms with Gasteiger partial charge in [-0.1, -0.05) is 23.8 Å². The van der Waals surface area contributed by atoms with Crippen LogP contribution in [0.1, 0.15) is 15.9 Å². The number of rotatable bonds is 6. The van der Waals surface area contributed by atoms with Crippen LogP contribution in [0.3, 0.4) is 0 Å². The van der Waals surface area contributed by atoms with Crippen molar-refractivity contribution in [3.63, 3.8) is 0 Å². The van der Waals surface area contributed by atoms with Gasteiger partial charge in [0.15, 0.2) is 5.96 Å². The molecule has 1 rings (SSSR count). The molecular formula is C15H23IN4O. The van der Waals surface area contributed by atoms with Gasteiger partial charge in [0.05, 0.1) is 0 Å². The number of aryl methyl sites for hydroxylation is 1. The molecule has 0 heterocycles. The van der Waals surface area contributed by atoms with Gasteiger partial charge in [-0.05, 0) is 19.1 Å². The number of halogens is 1. The number of hydrogen-bond acceptors (Lipinski definition) is 2. The topological polar surface area (TPSA) is 65.5 Å². The summed E-state index contributed by atoms with van der Waals surface area (Å²) in [5.41, 5.74) is 1.75. The molecule has 0 aliphatic carbocycles. The quantitative estimate of drug-likeness (QED) is 0.223. The summed E-state index contributed by atoms with van der Waals surface area (Å²) in [6.07, 6.45) is 1.76. The van der Waals surface area contributed by atoms with Crippen molar-refractivity contribution in [1.29, 1.82) is 0 Å². The first-order chi connectivity index (χ1) is 9.67. The molecule has 0 bridgehead atoms. The molecule has 0 aliphatic rings. The minimum atomic E-state index is -0.0652. The first-order valence-corrected chi connectivity index (χ1v) is 6.57. The molecule has 5 nitrogen and oxygen atoms in total. The molecule has 0 spiro atoms. The van der Waals surface area contributed by atoms with E-state index in [1.165, 1.54) is 0 Å². The summed E-state index contributed by atoms with van der Waals surface area (Å²) in [6.45, 7) is 7.37. The largest absolute Gasteiger partial charge is 0.355 e. The predicted molar refractivity (Wildman–Crippen MR) is 98.5 cm³/mol. The number of nitrogens with one attached hydrogen (secondary N) is 3. The Morgan fingerprint density at radius 1 is 1.29 bits per heavy atom. The summed E-state index contributed by atoms with van der Waals surface area (Å²) < 4.78 is 0. The maximum absolute atomic E-state index is 11.9. The molecule has 3 N–H and O–H groups in total. The highest BCUT2D eigenvalue weighted by Crippen LogP contribution is 2.03. The Morgan fingerprint density at radius 2 is 2.00 bits per heavy atom. The molecule has 6 heteroatoms. The highest BCUT2D eigenvalue weighted by Gasteiger charge is 2.04. The van der Waals surface area contributed by atoms with Crippen LogP contribution >= 0.6 is 24.0 Å². The van der Waals surface area contributed by atoms with Crippen molar-refractivity contribution < 1.29 is 4.79 Å². The third-order valence-corrected chi connectivity index (χ3v) is 2.62. The van der Waals surface area contributed by atoms with E-state index in [0.29, 0.717) is 31.2 Å². The van der Waals surface area contributed by atoms with Gasteiger partial charge in [-0.25, -0.2) is 0 Å². The smallest absolute Gasteiger partial charge is 0.251 e. The third-order valence-electron chi connectivity index (χ3n) is 2.62. The van der Waals surface area contributed by atoms with Gasteiger partial charge < -0.3 is 16.0 Å². The van der Waals surface area contributed by atoms with Crippen molar-refractivity contribution >= 4 is 35.8 Å². The average molecular weight is 402 g/mol. The van der Waals surface area contributed by atoms with Gasteiger partial charge in [-0.3, -0.25) is 9.79 Å². The Morgan fingerprint density at radius 3 is 2.62 bits per heavy atom. The standard InChI is InChI=1S/C15H22N4O.HI/c1-4-8-18-15(16-3)19-10-9-17-14(20)13-7-5-6-12(2)11-13;/h4-7,11H,1,8-10H2,2-3H3,(H,17,20)(H2,16,18,19);1H. The summed E-state index contributed by atoms with van der Waals surface area (Å²) >= 11 is 0. The van der Waals surface area contributed by atoms with Crippen LogP contribution in [0.25, 0.3) is 0 Å². The van der Waals surface area contributed by atoms with Crippen LogP contribution in [0.4, 0.5) is 0 Å². The predicted octanol–water partition coefficient (Wildman–Crippen LogP) is 1.69. The Hall–Kier alpha value is -1.57. The van der Waals surface area contributed by atoms with E-state index in [1.54, 1.807) is 19.2 Å². The van der Waals surface area contributed by atoms with E-state index >= 15 is 0 Å². The first-order valence-electron chi connectivity index (χ1n) is 6.57. The lowest BCUT2D eigenvalue weighted by Gasteiger charge is -2.11. The molecule has 1 amide bonds. The van der Waals surface area contributed by atoms with Gasteiger partial charge in [0, 0.05) is 32.2 Å². The number of amides is 1. The minimum absolute atomic E-state index is 0. The van der Waals surface area contributed by atoms with E-state index in [9.17, 15) is 4.79 Å².